The highest BCUT2D eigenvalue weighted by Gasteiger charge is 2.24. The number of hydrogen-bond acceptors (Lipinski definition) is 3. The Morgan fingerprint density at radius 1 is 1.25 bits per heavy atom. The van der Waals surface area contributed by atoms with E-state index in [-0.39, 0.29) is 0 Å². The minimum atomic E-state index is -3.65. The van der Waals surface area contributed by atoms with Crippen LogP contribution in [0.1, 0.15) is 20.8 Å². The zero-order valence-electron chi connectivity index (χ0n) is 7.63. The highest BCUT2D eigenvalue weighted by atomic mass is 32.2. The quantitative estimate of drug-likeness (QED) is 0.628. The minimum absolute atomic E-state index is 0.531. The summed E-state index contributed by atoms with van der Waals surface area (Å²) in [6, 6.07) is 0. The lowest BCUT2D eigenvalue weighted by Gasteiger charge is -2.16. The molecule has 0 radical (unpaired) electrons. The number of amides is 1. The van der Waals surface area contributed by atoms with Gasteiger partial charge in [-0.2, -0.15) is 8.42 Å². The summed E-state index contributed by atoms with van der Waals surface area (Å²) in [7, 11) is -2.42. The molecule has 0 aliphatic heterocycles. The smallest absolute Gasteiger partial charge is 0.273 e. The van der Waals surface area contributed by atoms with Crippen molar-refractivity contribution in [2.75, 3.05) is 7.05 Å². The van der Waals surface area contributed by atoms with Gasteiger partial charge in [0.05, 0.1) is 0 Å². The topological polar surface area (TPSA) is 75.3 Å². The van der Waals surface area contributed by atoms with Gasteiger partial charge in [-0.05, 0) is 0 Å². The SMILES string of the molecule is CNS(=O)(=O)NC(=O)C(C)(C)C. The van der Waals surface area contributed by atoms with Crippen LogP contribution in [-0.4, -0.2) is 21.4 Å². The molecule has 0 unspecified atom stereocenters. The van der Waals surface area contributed by atoms with Crippen molar-refractivity contribution in [3.63, 3.8) is 0 Å². The molecule has 0 rings (SSSR count). The number of hydrogen-bond donors (Lipinski definition) is 2. The first-order valence-electron chi connectivity index (χ1n) is 3.45. The van der Waals surface area contributed by atoms with Gasteiger partial charge in [-0.1, -0.05) is 20.8 Å². The van der Waals surface area contributed by atoms with Crippen molar-refractivity contribution in [2.45, 2.75) is 20.8 Å². The summed E-state index contributed by atoms with van der Waals surface area (Å²) in [6.45, 7) is 4.90. The largest absolute Gasteiger partial charge is 0.301 e. The molecular weight excluding hydrogens is 180 g/mol. The molecule has 72 valence electrons. The third-order valence-corrected chi connectivity index (χ3v) is 2.17. The van der Waals surface area contributed by atoms with E-state index in [4.69, 9.17) is 0 Å². The van der Waals surface area contributed by atoms with E-state index < -0.39 is 21.5 Å². The lowest BCUT2D eigenvalue weighted by Crippen LogP contribution is -2.43. The van der Waals surface area contributed by atoms with Crippen LogP contribution in [0.5, 0.6) is 0 Å². The maximum Gasteiger partial charge on any atom is 0.301 e. The summed E-state index contributed by atoms with van der Waals surface area (Å²) >= 11 is 0. The van der Waals surface area contributed by atoms with Crippen molar-refractivity contribution in [3.8, 4) is 0 Å². The van der Waals surface area contributed by atoms with Crippen molar-refractivity contribution < 1.29 is 13.2 Å². The Balaban J connectivity index is 4.42. The average Bonchev–Trinajstić information content (AvgIpc) is 1.85. The standard InChI is InChI=1S/C6H14N2O3S/c1-6(2,3)5(9)8-12(10,11)7-4/h7H,1-4H3,(H,8,9). The molecule has 0 aliphatic carbocycles. The Kier molecular flexibility index (Phi) is 3.23. The van der Waals surface area contributed by atoms with E-state index in [9.17, 15) is 13.2 Å². The molecule has 0 saturated heterocycles. The first-order valence-corrected chi connectivity index (χ1v) is 4.93. The fourth-order valence-corrected chi connectivity index (χ4v) is 0.978. The molecule has 0 aromatic rings. The Labute approximate surface area is 72.7 Å². The minimum Gasteiger partial charge on any atom is -0.273 e. The van der Waals surface area contributed by atoms with E-state index in [2.05, 4.69) is 0 Å². The average molecular weight is 194 g/mol. The zero-order valence-corrected chi connectivity index (χ0v) is 8.45. The molecule has 1 amide bonds. The molecule has 0 fully saturated rings. The number of carbonyl (C=O) groups is 1. The highest BCUT2D eigenvalue weighted by molar-refractivity contribution is 7.88. The summed E-state index contributed by atoms with van der Waals surface area (Å²) in [5.74, 6) is -0.531. The second-order valence-electron chi connectivity index (χ2n) is 3.39. The van der Waals surface area contributed by atoms with Crippen molar-refractivity contribution in [1.29, 1.82) is 0 Å². The van der Waals surface area contributed by atoms with Crippen LogP contribution in [0.25, 0.3) is 0 Å². The van der Waals surface area contributed by atoms with Gasteiger partial charge in [-0.3, -0.25) is 4.79 Å². The van der Waals surface area contributed by atoms with Gasteiger partial charge in [0.2, 0.25) is 5.91 Å². The summed E-state index contributed by atoms with van der Waals surface area (Å²) in [6.07, 6.45) is 0. The fourth-order valence-electron chi connectivity index (χ4n) is 0.326. The zero-order chi connectivity index (χ0) is 9.99. The second kappa shape index (κ2) is 3.40. The highest BCUT2D eigenvalue weighted by Crippen LogP contribution is 2.12. The van der Waals surface area contributed by atoms with Crippen LogP contribution in [0, 0.1) is 5.41 Å². The first kappa shape index (κ1) is 11.4. The van der Waals surface area contributed by atoms with E-state index in [0.29, 0.717) is 0 Å². The van der Waals surface area contributed by atoms with Gasteiger partial charge in [-0.25, -0.2) is 9.44 Å². The molecule has 0 saturated carbocycles. The molecular formula is C6H14N2O3S. The molecule has 2 N–H and O–H groups in total. The Bertz CT molecular complexity index is 263. The maximum atomic E-state index is 11.1. The van der Waals surface area contributed by atoms with Crippen molar-refractivity contribution >= 4 is 16.1 Å². The third kappa shape index (κ3) is 3.68. The Morgan fingerprint density at radius 2 is 1.67 bits per heavy atom. The van der Waals surface area contributed by atoms with Gasteiger partial charge < -0.3 is 0 Å². The number of rotatable bonds is 2. The summed E-state index contributed by atoms with van der Waals surface area (Å²) in [4.78, 5) is 11.1. The summed E-state index contributed by atoms with van der Waals surface area (Å²) in [5.41, 5.74) is -0.704. The monoisotopic (exact) mass is 194 g/mol. The first-order chi connectivity index (χ1) is 5.19. The predicted octanol–water partition coefficient (Wildman–Crippen LogP) is -0.387. The molecule has 0 aliphatic rings. The lowest BCUT2D eigenvalue weighted by atomic mass is 9.96. The summed E-state index contributed by atoms with van der Waals surface area (Å²) in [5, 5.41) is 0. The van der Waals surface area contributed by atoms with Gasteiger partial charge in [0.25, 0.3) is 0 Å². The Hall–Kier alpha value is -0.620. The molecule has 12 heavy (non-hydrogen) atoms. The predicted molar refractivity (Wildman–Crippen MR) is 45.6 cm³/mol. The molecule has 0 aromatic heterocycles. The van der Waals surface area contributed by atoms with Gasteiger partial charge >= 0.3 is 10.2 Å². The van der Waals surface area contributed by atoms with Crippen LogP contribution in [0.2, 0.25) is 0 Å². The maximum absolute atomic E-state index is 11.1. The summed E-state index contributed by atoms with van der Waals surface area (Å²) < 4.78 is 25.5. The van der Waals surface area contributed by atoms with Crippen LogP contribution in [0.4, 0.5) is 0 Å². The van der Waals surface area contributed by atoms with Crippen LogP contribution < -0.4 is 9.44 Å². The van der Waals surface area contributed by atoms with Gasteiger partial charge in [0, 0.05) is 12.5 Å². The van der Waals surface area contributed by atoms with E-state index in [0.717, 1.165) is 0 Å². The molecule has 6 heteroatoms. The van der Waals surface area contributed by atoms with Crippen LogP contribution in [0.15, 0.2) is 0 Å². The molecule has 0 heterocycles. The van der Waals surface area contributed by atoms with E-state index in [1.807, 2.05) is 9.44 Å². The molecule has 0 aromatic carbocycles. The lowest BCUT2D eigenvalue weighted by molar-refractivity contribution is -0.126. The normalized spacial score (nSPS) is 12.7. The molecule has 0 bridgehead atoms. The molecule has 0 spiro atoms. The number of nitrogens with one attached hydrogen (secondary N) is 2. The van der Waals surface area contributed by atoms with Crippen molar-refractivity contribution in [3.05, 3.63) is 0 Å². The van der Waals surface area contributed by atoms with E-state index >= 15 is 0 Å². The van der Waals surface area contributed by atoms with Gasteiger partial charge in [0.1, 0.15) is 0 Å². The molecule has 0 atom stereocenters. The number of carbonyl (C=O) groups excluding carboxylic acids is 1. The van der Waals surface area contributed by atoms with Crippen LogP contribution in [0.3, 0.4) is 0 Å². The van der Waals surface area contributed by atoms with Crippen molar-refractivity contribution in [1.82, 2.24) is 9.44 Å². The third-order valence-electron chi connectivity index (χ3n) is 1.18. The van der Waals surface area contributed by atoms with Crippen LogP contribution in [-0.2, 0) is 15.0 Å². The van der Waals surface area contributed by atoms with Crippen LogP contribution >= 0.6 is 0 Å². The molecule has 5 nitrogen and oxygen atoms in total. The van der Waals surface area contributed by atoms with Gasteiger partial charge in [-0.15, -0.1) is 0 Å². The van der Waals surface area contributed by atoms with E-state index in [1.165, 1.54) is 7.05 Å². The van der Waals surface area contributed by atoms with Crippen molar-refractivity contribution in [2.24, 2.45) is 5.41 Å². The second-order valence-corrected chi connectivity index (χ2v) is 5.01. The van der Waals surface area contributed by atoms with E-state index in [1.54, 1.807) is 20.8 Å². The Morgan fingerprint density at radius 3 is 1.92 bits per heavy atom. The van der Waals surface area contributed by atoms with Gasteiger partial charge in [0.15, 0.2) is 0 Å². The fraction of sp³-hybridized carbons (Fsp3) is 0.833.